The standard InChI is InChI=1S/C16H25NO2S/c1-18-16(8-9-19-12-16)11-17-15(13-5-2-3-6-13)14-7-4-10-20-14/h4,7,10,13,15,17H,2-3,5-6,8-9,11-12H2,1H3. The maximum absolute atomic E-state index is 5.75. The normalized spacial score (nSPS) is 29.1. The summed E-state index contributed by atoms with van der Waals surface area (Å²) in [5, 5.41) is 5.99. The van der Waals surface area contributed by atoms with Crippen molar-refractivity contribution in [2.24, 2.45) is 5.92 Å². The van der Waals surface area contributed by atoms with Crippen molar-refractivity contribution in [2.45, 2.75) is 43.7 Å². The van der Waals surface area contributed by atoms with Gasteiger partial charge in [0.2, 0.25) is 0 Å². The van der Waals surface area contributed by atoms with Crippen LogP contribution in [0.15, 0.2) is 17.5 Å². The lowest BCUT2D eigenvalue weighted by molar-refractivity contribution is -0.0186. The van der Waals surface area contributed by atoms with Crippen LogP contribution in [0.5, 0.6) is 0 Å². The summed E-state index contributed by atoms with van der Waals surface area (Å²) >= 11 is 1.87. The van der Waals surface area contributed by atoms with Crippen LogP contribution in [0.1, 0.15) is 43.0 Å². The maximum atomic E-state index is 5.75. The van der Waals surface area contributed by atoms with E-state index in [1.165, 1.54) is 30.6 Å². The second kappa shape index (κ2) is 6.56. The summed E-state index contributed by atoms with van der Waals surface area (Å²) in [7, 11) is 1.81. The maximum Gasteiger partial charge on any atom is 0.106 e. The molecule has 1 N–H and O–H groups in total. The molecule has 1 saturated heterocycles. The molecule has 0 bridgehead atoms. The predicted octanol–water partition coefficient (Wildman–Crippen LogP) is 3.37. The molecule has 1 aliphatic carbocycles. The Hall–Kier alpha value is -0.420. The summed E-state index contributed by atoms with van der Waals surface area (Å²) in [6.45, 7) is 2.43. The molecule has 2 unspecified atom stereocenters. The van der Waals surface area contributed by atoms with Gasteiger partial charge in [0.05, 0.1) is 6.61 Å². The first-order valence-electron chi connectivity index (χ1n) is 7.73. The van der Waals surface area contributed by atoms with E-state index in [-0.39, 0.29) is 5.60 Å². The first-order valence-corrected chi connectivity index (χ1v) is 8.61. The van der Waals surface area contributed by atoms with Gasteiger partial charge in [0.15, 0.2) is 0 Å². The molecule has 1 aromatic rings. The Morgan fingerprint density at radius 1 is 1.50 bits per heavy atom. The van der Waals surface area contributed by atoms with E-state index in [0.29, 0.717) is 6.04 Å². The Labute approximate surface area is 125 Å². The van der Waals surface area contributed by atoms with E-state index >= 15 is 0 Å². The molecule has 2 atom stereocenters. The summed E-state index contributed by atoms with van der Waals surface area (Å²) in [5.41, 5.74) is -0.117. The van der Waals surface area contributed by atoms with Crippen LogP contribution in [0.4, 0.5) is 0 Å². The van der Waals surface area contributed by atoms with Crippen molar-refractivity contribution in [1.29, 1.82) is 0 Å². The molecule has 2 fully saturated rings. The molecular weight excluding hydrogens is 270 g/mol. The summed E-state index contributed by atoms with van der Waals surface area (Å²) in [6, 6.07) is 4.92. The van der Waals surface area contributed by atoms with Crippen molar-refractivity contribution in [2.75, 3.05) is 26.9 Å². The van der Waals surface area contributed by atoms with Gasteiger partial charge in [0.1, 0.15) is 5.60 Å². The number of nitrogens with one attached hydrogen (secondary N) is 1. The van der Waals surface area contributed by atoms with Gasteiger partial charge in [-0.3, -0.25) is 0 Å². The average Bonchev–Trinajstić information content (AvgIpc) is 3.23. The van der Waals surface area contributed by atoms with Crippen LogP contribution in [0.3, 0.4) is 0 Å². The summed E-state index contributed by atoms with van der Waals surface area (Å²) < 4.78 is 11.3. The van der Waals surface area contributed by atoms with E-state index in [0.717, 1.165) is 32.1 Å². The molecule has 1 saturated carbocycles. The topological polar surface area (TPSA) is 30.5 Å². The molecule has 1 aromatic heterocycles. The van der Waals surface area contributed by atoms with Gasteiger partial charge in [-0.15, -0.1) is 11.3 Å². The van der Waals surface area contributed by atoms with Crippen LogP contribution < -0.4 is 5.32 Å². The predicted molar refractivity (Wildman–Crippen MR) is 82.2 cm³/mol. The lowest BCUT2D eigenvalue weighted by atomic mass is 9.95. The van der Waals surface area contributed by atoms with Gasteiger partial charge in [-0.1, -0.05) is 18.9 Å². The van der Waals surface area contributed by atoms with E-state index in [2.05, 4.69) is 22.8 Å². The molecule has 1 aliphatic heterocycles. The molecule has 2 aliphatic rings. The number of methoxy groups -OCH3 is 1. The Morgan fingerprint density at radius 3 is 2.95 bits per heavy atom. The van der Waals surface area contributed by atoms with E-state index < -0.39 is 0 Å². The molecule has 2 heterocycles. The highest BCUT2D eigenvalue weighted by molar-refractivity contribution is 7.10. The summed E-state index contributed by atoms with van der Waals surface area (Å²) in [5.74, 6) is 0.782. The van der Waals surface area contributed by atoms with Crippen LogP contribution in [-0.4, -0.2) is 32.5 Å². The van der Waals surface area contributed by atoms with Crippen molar-refractivity contribution in [3.8, 4) is 0 Å². The number of ether oxygens (including phenoxy) is 2. The lowest BCUT2D eigenvalue weighted by Gasteiger charge is -2.31. The number of hydrogen-bond acceptors (Lipinski definition) is 4. The monoisotopic (exact) mass is 295 g/mol. The van der Waals surface area contributed by atoms with Gasteiger partial charge < -0.3 is 14.8 Å². The minimum absolute atomic E-state index is 0.117. The second-order valence-electron chi connectivity index (χ2n) is 6.11. The summed E-state index contributed by atoms with van der Waals surface area (Å²) in [4.78, 5) is 1.47. The number of hydrogen-bond donors (Lipinski definition) is 1. The molecule has 4 heteroatoms. The molecule has 0 amide bonds. The Balaban J connectivity index is 1.67. The van der Waals surface area contributed by atoms with E-state index in [4.69, 9.17) is 9.47 Å². The zero-order chi connectivity index (χ0) is 13.8. The fraction of sp³-hybridized carbons (Fsp3) is 0.750. The van der Waals surface area contributed by atoms with Crippen LogP contribution >= 0.6 is 11.3 Å². The second-order valence-corrected chi connectivity index (χ2v) is 7.09. The van der Waals surface area contributed by atoms with Crippen LogP contribution in [0.25, 0.3) is 0 Å². The average molecular weight is 295 g/mol. The highest BCUT2D eigenvalue weighted by Gasteiger charge is 2.36. The first kappa shape index (κ1) is 14.5. The fourth-order valence-electron chi connectivity index (χ4n) is 3.52. The molecule has 0 spiro atoms. The summed E-state index contributed by atoms with van der Waals surface area (Å²) in [6.07, 6.45) is 6.47. The largest absolute Gasteiger partial charge is 0.378 e. The molecule has 0 aromatic carbocycles. The van der Waals surface area contributed by atoms with Crippen LogP contribution in [0.2, 0.25) is 0 Å². The quantitative estimate of drug-likeness (QED) is 0.873. The molecule has 3 rings (SSSR count). The van der Waals surface area contributed by atoms with E-state index in [9.17, 15) is 0 Å². The molecular formula is C16H25NO2S. The Bertz CT molecular complexity index is 395. The van der Waals surface area contributed by atoms with Gasteiger partial charge >= 0.3 is 0 Å². The van der Waals surface area contributed by atoms with Gasteiger partial charge in [0.25, 0.3) is 0 Å². The zero-order valence-corrected chi connectivity index (χ0v) is 13.1. The Morgan fingerprint density at radius 2 is 2.35 bits per heavy atom. The third-order valence-electron chi connectivity index (χ3n) is 4.87. The SMILES string of the molecule is COC1(CNC(c2cccs2)C2CCCC2)CCOC1. The number of rotatable bonds is 6. The van der Waals surface area contributed by atoms with E-state index in [1.54, 1.807) is 0 Å². The molecule has 112 valence electrons. The van der Waals surface area contributed by atoms with Crippen molar-refractivity contribution in [1.82, 2.24) is 5.32 Å². The number of thiophene rings is 1. The van der Waals surface area contributed by atoms with Gasteiger partial charge in [-0.2, -0.15) is 0 Å². The Kier molecular flexibility index (Phi) is 4.76. The molecule has 3 nitrogen and oxygen atoms in total. The van der Waals surface area contributed by atoms with E-state index in [1.807, 2.05) is 18.4 Å². The van der Waals surface area contributed by atoms with Gasteiger partial charge in [-0.25, -0.2) is 0 Å². The molecule has 0 radical (unpaired) electrons. The van der Waals surface area contributed by atoms with Crippen molar-refractivity contribution >= 4 is 11.3 Å². The zero-order valence-electron chi connectivity index (χ0n) is 12.3. The van der Waals surface area contributed by atoms with Crippen LogP contribution in [-0.2, 0) is 9.47 Å². The van der Waals surface area contributed by atoms with Gasteiger partial charge in [0, 0.05) is 37.6 Å². The smallest absolute Gasteiger partial charge is 0.106 e. The van der Waals surface area contributed by atoms with Crippen molar-refractivity contribution in [3.05, 3.63) is 22.4 Å². The van der Waals surface area contributed by atoms with Crippen molar-refractivity contribution < 1.29 is 9.47 Å². The molecule has 20 heavy (non-hydrogen) atoms. The van der Waals surface area contributed by atoms with Crippen molar-refractivity contribution in [3.63, 3.8) is 0 Å². The minimum atomic E-state index is -0.117. The van der Waals surface area contributed by atoms with Crippen LogP contribution in [0, 0.1) is 5.92 Å². The fourth-order valence-corrected chi connectivity index (χ4v) is 4.41. The van der Waals surface area contributed by atoms with Gasteiger partial charge in [-0.05, 0) is 30.2 Å². The minimum Gasteiger partial charge on any atom is -0.378 e. The third kappa shape index (κ3) is 3.08. The first-order chi connectivity index (χ1) is 9.83. The highest BCUT2D eigenvalue weighted by atomic mass is 32.1. The highest BCUT2D eigenvalue weighted by Crippen LogP contribution is 2.37. The third-order valence-corrected chi connectivity index (χ3v) is 5.82. The lowest BCUT2D eigenvalue weighted by Crippen LogP contribution is -2.45.